The molecule has 20 heavy (non-hydrogen) atoms. The first-order valence-corrected chi connectivity index (χ1v) is 6.25. The Bertz CT molecular complexity index is 779. The lowest BCUT2D eigenvalue weighted by molar-refractivity contribution is 0.506. The van der Waals surface area contributed by atoms with E-state index < -0.39 is 17.7 Å². The Morgan fingerprint density at radius 1 is 1.05 bits per heavy atom. The van der Waals surface area contributed by atoms with E-state index in [2.05, 4.69) is 0 Å². The summed E-state index contributed by atoms with van der Waals surface area (Å²) in [6.07, 6.45) is 0. The first kappa shape index (κ1) is 12.8. The van der Waals surface area contributed by atoms with Gasteiger partial charge in [-0.1, -0.05) is 11.6 Å². The second-order valence-electron chi connectivity index (χ2n) is 4.83. The van der Waals surface area contributed by atoms with Crippen LogP contribution in [-0.4, -0.2) is 0 Å². The molecule has 1 atom stereocenters. The number of aryl methyl sites for hydroxylation is 1. The van der Waals surface area contributed by atoms with Crippen LogP contribution in [0.3, 0.4) is 0 Å². The zero-order valence-electron chi connectivity index (χ0n) is 10.9. The third-order valence-corrected chi connectivity index (χ3v) is 3.29. The van der Waals surface area contributed by atoms with Crippen molar-refractivity contribution >= 4 is 11.0 Å². The lowest BCUT2D eigenvalue weighted by Gasteiger charge is -2.10. The van der Waals surface area contributed by atoms with Crippen LogP contribution < -0.4 is 5.73 Å². The molecule has 0 saturated carbocycles. The summed E-state index contributed by atoms with van der Waals surface area (Å²) >= 11 is 0. The van der Waals surface area contributed by atoms with Crippen molar-refractivity contribution in [3.63, 3.8) is 0 Å². The molecule has 1 unspecified atom stereocenters. The summed E-state index contributed by atoms with van der Waals surface area (Å²) in [5.74, 6) is -0.658. The van der Waals surface area contributed by atoms with E-state index in [0.29, 0.717) is 11.3 Å². The summed E-state index contributed by atoms with van der Waals surface area (Å²) in [5, 5.41) is 0.896. The van der Waals surface area contributed by atoms with Crippen molar-refractivity contribution in [3.8, 4) is 0 Å². The Morgan fingerprint density at radius 3 is 2.65 bits per heavy atom. The molecule has 0 aliphatic rings. The van der Waals surface area contributed by atoms with Crippen molar-refractivity contribution in [2.24, 2.45) is 5.73 Å². The summed E-state index contributed by atoms with van der Waals surface area (Å²) in [6, 6.07) is 9.86. The molecule has 102 valence electrons. The van der Waals surface area contributed by atoms with Gasteiger partial charge in [0.05, 0.1) is 6.04 Å². The van der Waals surface area contributed by atoms with Crippen LogP contribution in [0.4, 0.5) is 8.78 Å². The zero-order chi connectivity index (χ0) is 14.3. The molecule has 2 aromatic carbocycles. The average molecular weight is 273 g/mol. The smallest absolute Gasteiger partial charge is 0.134 e. The van der Waals surface area contributed by atoms with Crippen LogP contribution in [0.5, 0.6) is 0 Å². The molecule has 0 aliphatic heterocycles. The highest BCUT2D eigenvalue weighted by Gasteiger charge is 2.18. The monoisotopic (exact) mass is 273 g/mol. The maximum Gasteiger partial charge on any atom is 0.134 e. The van der Waals surface area contributed by atoms with Crippen LogP contribution in [0.2, 0.25) is 0 Å². The minimum absolute atomic E-state index is 0.0841. The third kappa shape index (κ3) is 2.18. The summed E-state index contributed by atoms with van der Waals surface area (Å²) in [4.78, 5) is 0. The number of fused-ring (bicyclic) bond motifs is 1. The molecule has 1 heterocycles. The van der Waals surface area contributed by atoms with E-state index in [1.165, 1.54) is 0 Å². The Kier molecular flexibility index (Phi) is 3.03. The quantitative estimate of drug-likeness (QED) is 0.764. The van der Waals surface area contributed by atoms with Gasteiger partial charge >= 0.3 is 0 Å². The number of nitrogens with two attached hydrogens (primary N) is 1. The first-order valence-electron chi connectivity index (χ1n) is 6.25. The normalized spacial score (nSPS) is 12.8. The van der Waals surface area contributed by atoms with Gasteiger partial charge in [-0.3, -0.25) is 0 Å². The Morgan fingerprint density at radius 2 is 1.85 bits per heavy atom. The molecular weight excluding hydrogens is 260 g/mol. The molecule has 0 radical (unpaired) electrons. The van der Waals surface area contributed by atoms with Gasteiger partial charge in [-0.2, -0.15) is 0 Å². The second kappa shape index (κ2) is 4.72. The molecule has 0 aliphatic carbocycles. The lowest BCUT2D eigenvalue weighted by Crippen LogP contribution is -2.13. The van der Waals surface area contributed by atoms with Crippen molar-refractivity contribution in [2.75, 3.05) is 0 Å². The highest BCUT2D eigenvalue weighted by molar-refractivity contribution is 5.78. The van der Waals surface area contributed by atoms with Gasteiger partial charge in [-0.15, -0.1) is 0 Å². The molecule has 2 nitrogen and oxygen atoms in total. The molecule has 0 fully saturated rings. The molecule has 0 saturated heterocycles. The number of halogens is 2. The highest BCUT2D eigenvalue weighted by atomic mass is 19.1. The van der Waals surface area contributed by atoms with E-state index in [4.69, 9.17) is 10.2 Å². The molecule has 3 aromatic rings. The molecule has 4 heteroatoms. The van der Waals surface area contributed by atoms with Crippen LogP contribution in [0.25, 0.3) is 11.0 Å². The van der Waals surface area contributed by atoms with Crippen molar-refractivity contribution in [1.82, 2.24) is 0 Å². The summed E-state index contributed by atoms with van der Waals surface area (Å²) < 4.78 is 32.6. The second-order valence-corrected chi connectivity index (χ2v) is 4.83. The maximum absolute atomic E-state index is 13.7. The third-order valence-electron chi connectivity index (χ3n) is 3.29. The van der Waals surface area contributed by atoms with Gasteiger partial charge < -0.3 is 10.2 Å². The molecule has 2 N–H and O–H groups in total. The van der Waals surface area contributed by atoms with Crippen molar-refractivity contribution in [2.45, 2.75) is 13.0 Å². The molecule has 3 rings (SSSR count). The number of rotatable bonds is 2. The van der Waals surface area contributed by atoms with Crippen molar-refractivity contribution in [1.29, 1.82) is 0 Å². The van der Waals surface area contributed by atoms with Gasteiger partial charge in [-0.25, -0.2) is 8.78 Å². The van der Waals surface area contributed by atoms with E-state index in [9.17, 15) is 8.78 Å². The SMILES string of the molecule is Cc1ccc2oc(C(N)c3cc(F)ccc3F)cc2c1. The Balaban J connectivity index is 2.07. The predicted octanol–water partition coefficient (Wildman–Crippen LogP) is 4.07. The van der Waals surface area contributed by atoms with Crippen LogP contribution in [0.15, 0.2) is 46.9 Å². The largest absolute Gasteiger partial charge is 0.459 e. The zero-order valence-corrected chi connectivity index (χ0v) is 10.9. The Hall–Kier alpha value is -2.20. The van der Waals surface area contributed by atoms with Crippen LogP contribution in [0.1, 0.15) is 22.9 Å². The van der Waals surface area contributed by atoms with E-state index in [1.54, 1.807) is 6.07 Å². The number of hydrogen-bond donors (Lipinski definition) is 1. The number of benzene rings is 2. The van der Waals surface area contributed by atoms with Crippen molar-refractivity contribution in [3.05, 3.63) is 71.0 Å². The topological polar surface area (TPSA) is 39.2 Å². The summed E-state index contributed by atoms with van der Waals surface area (Å²) in [5.41, 5.74) is 7.84. The predicted molar refractivity (Wildman–Crippen MR) is 73.3 cm³/mol. The fourth-order valence-corrected chi connectivity index (χ4v) is 2.24. The van der Waals surface area contributed by atoms with Crippen LogP contribution in [0, 0.1) is 18.6 Å². The van der Waals surface area contributed by atoms with Gasteiger partial charge in [0.25, 0.3) is 0 Å². The highest BCUT2D eigenvalue weighted by Crippen LogP contribution is 2.28. The minimum Gasteiger partial charge on any atom is -0.459 e. The van der Waals surface area contributed by atoms with Gasteiger partial charge in [0.15, 0.2) is 0 Å². The van der Waals surface area contributed by atoms with E-state index in [-0.39, 0.29) is 5.56 Å². The van der Waals surface area contributed by atoms with Gasteiger partial charge in [-0.05, 0) is 43.3 Å². The standard InChI is InChI=1S/C16H13F2NO/c1-9-2-5-14-10(6-9)7-15(20-14)16(19)12-8-11(17)3-4-13(12)18/h2-8,16H,19H2,1H3. The summed E-state index contributed by atoms with van der Waals surface area (Å²) in [7, 11) is 0. The fourth-order valence-electron chi connectivity index (χ4n) is 2.24. The van der Waals surface area contributed by atoms with Crippen LogP contribution >= 0.6 is 0 Å². The van der Waals surface area contributed by atoms with Gasteiger partial charge in [0.2, 0.25) is 0 Å². The Labute approximate surface area is 114 Å². The first-order chi connectivity index (χ1) is 9.54. The van der Waals surface area contributed by atoms with E-state index >= 15 is 0 Å². The number of furan rings is 1. The van der Waals surface area contributed by atoms with Crippen LogP contribution in [-0.2, 0) is 0 Å². The van der Waals surface area contributed by atoms with Gasteiger partial charge in [0, 0.05) is 10.9 Å². The molecule has 0 amide bonds. The summed E-state index contributed by atoms with van der Waals surface area (Å²) in [6.45, 7) is 1.97. The molecule has 0 spiro atoms. The molecular formula is C16H13F2NO. The van der Waals surface area contributed by atoms with E-state index in [0.717, 1.165) is 29.1 Å². The number of hydrogen-bond acceptors (Lipinski definition) is 2. The molecule has 1 aromatic heterocycles. The van der Waals surface area contributed by atoms with Crippen molar-refractivity contribution < 1.29 is 13.2 Å². The maximum atomic E-state index is 13.7. The lowest BCUT2D eigenvalue weighted by atomic mass is 10.0. The minimum atomic E-state index is -0.835. The van der Waals surface area contributed by atoms with Gasteiger partial charge in [0.1, 0.15) is 23.0 Å². The average Bonchev–Trinajstić information content (AvgIpc) is 2.83. The fraction of sp³-hybridized carbons (Fsp3) is 0.125. The van der Waals surface area contributed by atoms with E-state index in [1.807, 2.05) is 25.1 Å². The molecule has 0 bridgehead atoms.